The summed E-state index contributed by atoms with van der Waals surface area (Å²) < 4.78 is 4.98. The van der Waals surface area contributed by atoms with Gasteiger partial charge in [-0.05, 0) is 99.1 Å². The maximum absolute atomic E-state index is 2.52. The lowest BCUT2D eigenvalue weighted by Crippen LogP contribution is -2.16. The van der Waals surface area contributed by atoms with E-state index >= 15 is 0 Å². The van der Waals surface area contributed by atoms with Gasteiger partial charge in [0.05, 0.1) is 22.2 Å². The van der Waals surface area contributed by atoms with Gasteiger partial charge in [0.25, 0.3) is 0 Å². The van der Waals surface area contributed by atoms with Crippen molar-refractivity contribution in [2.45, 2.75) is 38.5 Å². The summed E-state index contributed by atoms with van der Waals surface area (Å²) in [5.41, 5.74) is 19.3. The zero-order valence-electron chi connectivity index (χ0n) is 29.9. The molecule has 2 heteroatoms. The molecule has 11 rings (SSSR count). The van der Waals surface area contributed by atoms with E-state index in [1.165, 1.54) is 99.8 Å². The van der Waals surface area contributed by atoms with Crippen LogP contribution in [0.2, 0.25) is 0 Å². The van der Waals surface area contributed by atoms with Gasteiger partial charge in [-0.3, -0.25) is 0 Å². The van der Waals surface area contributed by atoms with Crippen molar-refractivity contribution in [1.29, 1.82) is 0 Å². The maximum atomic E-state index is 2.52. The Morgan fingerprint density at radius 1 is 0.385 bits per heavy atom. The average Bonchev–Trinajstić information content (AvgIpc) is 3.84. The lowest BCUT2D eigenvalue weighted by atomic mass is 9.80. The van der Waals surface area contributed by atoms with E-state index < -0.39 is 0 Å². The van der Waals surface area contributed by atoms with E-state index in [0.717, 1.165) is 0 Å². The highest BCUT2D eigenvalue weighted by Gasteiger charge is 2.40. The molecule has 2 aromatic heterocycles. The monoisotopic (exact) mass is 666 g/mol. The molecule has 0 unspecified atom stereocenters. The smallest absolute Gasteiger partial charge is 0.0544 e. The van der Waals surface area contributed by atoms with Crippen LogP contribution in [0.25, 0.3) is 77.5 Å². The van der Waals surface area contributed by atoms with Crippen LogP contribution in [-0.4, -0.2) is 9.13 Å². The summed E-state index contributed by atoms with van der Waals surface area (Å²) in [4.78, 5) is 0. The molecule has 9 aromatic rings. The van der Waals surface area contributed by atoms with Crippen molar-refractivity contribution in [3.8, 4) is 44.8 Å². The third kappa shape index (κ3) is 3.79. The molecule has 0 N–H and O–H groups in total. The fourth-order valence-corrected chi connectivity index (χ4v) is 9.78. The standard InChI is InChI=1S/C50H38N2/c1-49(2)40-20-12-11-19-35(40)36-29-38-37-27-32(23-25-43(37)51(46(38)30-42(36)49)34-17-9-6-10-18-34)33-24-26-44-39(28-33)47(31-15-7-5-8-16-31)48-50(3,4)41-21-13-14-22-45(41)52(44)48/h5-30H,1-4H3. The fourth-order valence-electron chi connectivity index (χ4n) is 9.78. The van der Waals surface area contributed by atoms with E-state index in [1.54, 1.807) is 0 Å². The maximum Gasteiger partial charge on any atom is 0.0544 e. The van der Waals surface area contributed by atoms with Gasteiger partial charge in [-0.25, -0.2) is 0 Å². The van der Waals surface area contributed by atoms with E-state index in [2.05, 4.69) is 195 Å². The molecule has 7 aromatic carbocycles. The van der Waals surface area contributed by atoms with Gasteiger partial charge in [0.15, 0.2) is 0 Å². The molecule has 1 aliphatic carbocycles. The zero-order chi connectivity index (χ0) is 34.9. The Labute approximate surface area is 304 Å². The van der Waals surface area contributed by atoms with Gasteiger partial charge in [-0.15, -0.1) is 0 Å². The minimum absolute atomic E-state index is 0.0674. The largest absolute Gasteiger partial charge is 0.312 e. The molecular weight excluding hydrogens is 629 g/mol. The van der Waals surface area contributed by atoms with Gasteiger partial charge in [0, 0.05) is 43.9 Å². The molecule has 2 aliphatic rings. The second-order valence-corrected chi connectivity index (χ2v) is 15.8. The Balaban J connectivity index is 1.18. The van der Waals surface area contributed by atoms with Crippen molar-refractivity contribution in [2.24, 2.45) is 0 Å². The number of fused-ring (bicyclic) bond motifs is 11. The van der Waals surface area contributed by atoms with Crippen LogP contribution in [0, 0.1) is 0 Å². The normalized spacial score (nSPS) is 14.8. The molecule has 0 atom stereocenters. The SMILES string of the molecule is CC1(C)c2ccccc2-c2cc3c4cc(-c5ccc6c(c5)c(-c5ccccc5)c5n6-c6ccccc6C5(C)C)ccc4n(-c4ccccc4)c3cc21. The zero-order valence-corrected chi connectivity index (χ0v) is 29.9. The van der Waals surface area contributed by atoms with Crippen LogP contribution in [-0.2, 0) is 10.8 Å². The molecule has 3 heterocycles. The Hall–Kier alpha value is -6.12. The minimum atomic E-state index is -0.132. The molecule has 2 nitrogen and oxygen atoms in total. The second kappa shape index (κ2) is 10.2. The summed E-state index contributed by atoms with van der Waals surface area (Å²) >= 11 is 0. The van der Waals surface area contributed by atoms with Crippen LogP contribution < -0.4 is 0 Å². The fraction of sp³-hybridized carbons (Fsp3) is 0.120. The lowest BCUT2D eigenvalue weighted by molar-refractivity contribution is 0.646. The first-order valence-electron chi connectivity index (χ1n) is 18.4. The molecule has 0 radical (unpaired) electrons. The van der Waals surface area contributed by atoms with Crippen molar-refractivity contribution >= 4 is 32.7 Å². The van der Waals surface area contributed by atoms with E-state index in [1.807, 2.05) is 0 Å². The van der Waals surface area contributed by atoms with Gasteiger partial charge in [0.1, 0.15) is 0 Å². The van der Waals surface area contributed by atoms with E-state index in [0.29, 0.717) is 0 Å². The van der Waals surface area contributed by atoms with E-state index in [4.69, 9.17) is 0 Å². The molecule has 0 saturated carbocycles. The van der Waals surface area contributed by atoms with E-state index in [-0.39, 0.29) is 10.8 Å². The molecule has 0 fully saturated rings. The predicted molar refractivity (Wildman–Crippen MR) is 218 cm³/mol. The quantitative estimate of drug-likeness (QED) is 0.178. The van der Waals surface area contributed by atoms with Crippen molar-refractivity contribution in [3.05, 3.63) is 180 Å². The summed E-state index contributed by atoms with van der Waals surface area (Å²) in [6.07, 6.45) is 0. The molecule has 0 bridgehead atoms. The average molecular weight is 667 g/mol. The third-order valence-corrected chi connectivity index (χ3v) is 12.3. The molecule has 248 valence electrons. The summed E-state index contributed by atoms with van der Waals surface area (Å²) in [6.45, 7) is 9.50. The molecular formula is C50H38N2. The van der Waals surface area contributed by atoms with Crippen LogP contribution in [0.4, 0.5) is 0 Å². The number of hydrogen-bond acceptors (Lipinski definition) is 0. The number of benzene rings is 7. The predicted octanol–water partition coefficient (Wildman–Crippen LogP) is 13.0. The van der Waals surface area contributed by atoms with Crippen molar-refractivity contribution in [2.75, 3.05) is 0 Å². The van der Waals surface area contributed by atoms with E-state index in [9.17, 15) is 0 Å². The summed E-state index contributed by atoms with van der Waals surface area (Å²) in [5.74, 6) is 0. The Morgan fingerprint density at radius 3 is 1.73 bits per heavy atom. The van der Waals surface area contributed by atoms with Gasteiger partial charge in [0.2, 0.25) is 0 Å². The van der Waals surface area contributed by atoms with Crippen LogP contribution in [0.1, 0.15) is 50.1 Å². The first-order chi connectivity index (χ1) is 25.3. The van der Waals surface area contributed by atoms with Crippen molar-refractivity contribution < 1.29 is 0 Å². The summed E-state index contributed by atoms with van der Waals surface area (Å²) in [6, 6.07) is 58.8. The van der Waals surface area contributed by atoms with Crippen LogP contribution in [0.3, 0.4) is 0 Å². The van der Waals surface area contributed by atoms with Crippen molar-refractivity contribution in [3.63, 3.8) is 0 Å². The van der Waals surface area contributed by atoms with Gasteiger partial charge in [-0.2, -0.15) is 0 Å². The van der Waals surface area contributed by atoms with Crippen LogP contribution in [0.15, 0.2) is 158 Å². The molecule has 52 heavy (non-hydrogen) atoms. The topological polar surface area (TPSA) is 9.86 Å². The van der Waals surface area contributed by atoms with Gasteiger partial charge < -0.3 is 9.13 Å². The molecule has 0 spiro atoms. The molecule has 1 aliphatic heterocycles. The summed E-state index contributed by atoms with van der Waals surface area (Å²) in [7, 11) is 0. The number of aromatic nitrogens is 2. The Kier molecular flexibility index (Phi) is 5.83. The third-order valence-electron chi connectivity index (χ3n) is 12.3. The highest BCUT2D eigenvalue weighted by Crippen LogP contribution is 2.53. The van der Waals surface area contributed by atoms with Gasteiger partial charge >= 0.3 is 0 Å². The first kappa shape index (κ1) is 29.6. The van der Waals surface area contributed by atoms with Gasteiger partial charge in [-0.1, -0.05) is 131 Å². The first-order valence-corrected chi connectivity index (χ1v) is 18.4. The minimum Gasteiger partial charge on any atom is -0.312 e. The number of rotatable bonds is 3. The second-order valence-electron chi connectivity index (χ2n) is 15.8. The number of para-hydroxylation sites is 2. The Bertz CT molecular complexity index is 2930. The lowest BCUT2D eigenvalue weighted by Gasteiger charge is -2.21. The summed E-state index contributed by atoms with van der Waals surface area (Å²) in [5, 5.41) is 3.86. The van der Waals surface area contributed by atoms with Crippen LogP contribution in [0.5, 0.6) is 0 Å². The molecule has 0 saturated heterocycles. The van der Waals surface area contributed by atoms with Crippen LogP contribution >= 0.6 is 0 Å². The van der Waals surface area contributed by atoms with Crippen molar-refractivity contribution in [1.82, 2.24) is 9.13 Å². The highest BCUT2D eigenvalue weighted by molar-refractivity contribution is 6.13. The number of hydrogen-bond donors (Lipinski definition) is 0. The number of nitrogens with zero attached hydrogens (tertiary/aromatic N) is 2. The Morgan fingerprint density at radius 2 is 0.981 bits per heavy atom. The highest BCUT2D eigenvalue weighted by atomic mass is 15.0. The molecule has 0 amide bonds.